The molecule has 0 bridgehead atoms. The molecule has 0 aliphatic carbocycles. The molecule has 5 heteroatoms. The van der Waals surface area contributed by atoms with Crippen molar-refractivity contribution in [1.82, 2.24) is 0 Å². The molecule has 96 valence electrons. The molecule has 1 aromatic carbocycles. The van der Waals surface area contributed by atoms with Gasteiger partial charge in [0, 0.05) is 13.2 Å². The smallest absolute Gasteiger partial charge is 0.166 e. The average Bonchev–Trinajstić information content (AvgIpc) is 2.27. The van der Waals surface area contributed by atoms with E-state index in [-0.39, 0.29) is 10.7 Å². The standard InChI is InChI=1S/C12H18ClFN2O/c1-8(2)7-17-6-5-16-12-10(15)4-3-9(13)11(12)14/h3-4,8,16H,5-7,15H2,1-2H3. The topological polar surface area (TPSA) is 47.3 Å². The van der Waals surface area contributed by atoms with Crippen molar-refractivity contribution in [2.24, 2.45) is 5.92 Å². The van der Waals surface area contributed by atoms with Gasteiger partial charge in [-0.25, -0.2) is 4.39 Å². The first-order valence-electron chi connectivity index (χ1n) is 5.57. The maximum absolute atomic E-state index is 13.6. The largest absolute Gasteiger partial charge is 0.397 e. The lowest BCUT2D eigenvalue weighted by Crippen LogP contribution is -2.14. The van der Waals surface area contributed by atoms with Crippen LogP contribution in [0.25, 0.3) is 0 Å². The number of anilines is 2. The summed E-state index contributed by atoms with van der Waals surface area (Å²) in [6, 6.07) is 3.01. The van der Waals surface area contributed by atoms with Crippen LogP contribution >= 0.6 is 11.6 Å². The number of nitrogens with one attached hydrogen (secondary N) is 1. The van der Waals surface area contributed by atoms with E-state index in [2.05, 4.69) is 19.2 Å². The molecule has 0 radical (unpaired) electrons. The van der Waals surface area contributed by atoms with Gasteiger partial charge in [0.1, 0.15) is 0 Å². The quantitative estimate of drug-likeness (QED) is 0.610. The normalized spacial score (nSPS) is 10.9. The van der Waals surface area contributed by atoms with Gasteiger partial charge >= 0.3 is 0 Å². The van der Waals surface area contributed by atoms with E-state index in [1.165, 1.54) is 6.07 Å². The molecule has 1 aromatic rings. The Bertz CT molecular complexity index is 372. The minimum absolute atomic E-state index is 0.0600. The molecule has 0 saturated carbocycles. The Morgan fingerprint density at radius 2 is 2.18 bits per heavy atom. The summed E-state index contributed by atoms with van der Waals surface area (Å²) in [4.78, 5) is 0. The Balaban J connectivity index is 2.44. The number of nitrogen functional groups attached to an aromatic ring is 1. The maximum atomic E-state index is 13.6. The van der Waals surface area contributed by atoms with Gasteiger partial charge in [0.25, 0.3) is 0 Å². The summed E-state index contributed by atoms with van der Waals surface area (Å²) in [5, 5.41) is 2.95. The fraction of sp³-hybridized carbons (Fsp3) is 0.500. The second-order valence-corrected chi connectivity index (χ2v) is 4.63. The van der Waals surface area contributed by atoms with Gasteiger partial charge in [-0.2, -0.15) is 0 Å². The minimum atomic E-state index is -0.518. The van der Waals surface area contributed by atoms with E-state index in [0.717, 1.165) is 0 Å². The summed E-state index contributed by atoms with van der Waals surface area (Å²) < 4.78 is 19.0. The van der Waals surface area contributed by atoms with Gasteiger partial charge in [-0.3, -0.25) is 0 Å². The van der Waals surface area contributed by atoms with E-state index in [0.29, 0.717) is 31.4 Å². The molecular weight excluding hydrogens is 243 g/mol. The Morgan fingerprint density at radius 3 is 2.82 bits per heavy atom. The third kappa shape index (κ3) is 4.40. The number of nitrogens with two attached hydrogens (primary N) is 1. The molecule has 0 spiro atoms. The Hall–Kier alpha value is -1.000. The number of benzene rings is 1. The van der Waals surface area contributed by atoms with Crippen LogP contribution < -0.4 is 11.1 Å². The van der Waals surface area contributed by atoms with Crippen LogP contribution in [0.1, 0.15) is 13.8 Å². The Kier molecular flexibility index (Phi) is 5.51. The number of hydrogen-bond donors (Lipinski definition) is 2. The third-order valence-electron chi connectivity index (χ3n) is 2.13. The van der Waals surface area contributed by atoms with Crippen LogP contribution in [-0.4, -0.2) is 19.8 Å². The molecule has 0 aliphatic heterocycles. The monoisotopic (exact) mass is 260 g/mol. The fourth-order valence-corrected chi connectivity index (χ4v) is 1.47. The third-order valence-corrected chi connectivity index (χ3v) is 2.42. The number of halogens is 2. The van der Waals surface area contributed by atoms with Crippen molar-refractivity contribution in [3.05, 3.63) is 23.0 Å². The van der Waals surface area contributed by atoms with E-state index < -0.39 is 5.82 Å². The van der Waals surface area contributed by atoms with E-state index in [1.54, 1.807) is 6.07 Å². The van der Waals surface area contributed by atoms with Crippen LogP contribution in [0.3, 0.4) is 0 Å². The number of ether oxygens (including phenoxy) is 1. The first-order chi connectivity index (χ1) is 8.02. The van der Waals surface area contributed by atoms with E-state index >= 15 is 0 Å². The molecule has 0 amide bonds. The van der Waals surface area contributed by atoms with Gasteiger partial charge in [0.2, 0.25) is 0 Å². The SMILES string of the molecule is CC(C)COCCNc1c(N)ccc(Cl)c1F. The van der Waals surface area contributed by atoms with E-state index in [4.69, 9.17) is 22.1 Å². The first-order valence-corrected chi connectivity index (χ1v) is 5.95. The lowest BCUT2D eigenvalue weighted by molar-refractivity contribution is 0.118. The highest BCUT2D eigenvalue weighted by Gasteiger charge is 2.09. The molecule has 0 aromatic heterocycles. The summed E-state index contributed by atoms with van der Waals surface area (Å²) in [5.74, 6) is -0.0292. The molecule has 0 unspecified atom stereocenters. The maximum Gasteiger partial charge on any atom is 0.166 e. The lowest BCUT2D eigenvalue weighted by Gasteiger charge is -2.12. The van der Waals surface area contributed by atoms with Crippen LogP contribution in [-0.2, 0) is 4.74 Å². The molecule has 0 heterocycles. The van der Waals surface area contributed by atoms with Gasteiger partial charge < -0.3 is 15.8 Å². The van der Waals surface area contributed by atoms with Crippen LogP contribution in [0.5, 0.6) is 0 Å². The predicted molar refractivity (Wildman–Crippen MR) is 70.0 cm³/mol. The van der Waals surface area contributed by atoms with Crippen molar-refractivity contribution < 1.29 is 9.13 Å². The van der Waals surface area contributed by atoms with Gasteiger partial charge in [-0.05, 0) is 18.1 Å². The van der Waals surface area contributed by atoms with Crippen molar-refractivity contribution in [3.63, 3.8) is 0 Å². The second-order valence-electron chi connectivity index (χ2n) is 4.22. The van der Waals surface area contributed by atoms with Crippen molar-refractivity contribution in [2.45, 2.75) is 13.8 Å². The molecule has 1 rings (SSSR count). The number of hydrogen-bond acceptors (Lipinski definition) is 3. The van der Waals surface area contributed by atoms with Crippen LogP contribution in [0.15, 0.2) is 12.1 Å². The molecule has 3 nitrogen and oxygen atoms in total. The molecule has 3 N–H and O–H groups in total. The van der Waals surface area contributed by atoms with Gasteiger partial charge in [-0.15, -0.1) is 0 Å². The van der Waals surface area contributed by atoms with Crippen molar-refractivity contribution in [3.8, 4) is 0 Å². The van der Waals surface area contributed by atoms with Crippen molar-refractivity contribution in [2.75, 3.05) is 30.8 Å². The minimum Gasteiger partial charge on any atom is -0.397 e. The predicted octanol–water partition coefficient (Wildman–Crippen LogP) is 3.15. The zero-order chi connectivity index (χ0) is 12.8. The number of rotatable bonds is 6. The summed E-state index contributed by atoms with van der Waals surface area (Å²) in [7, 11) is 0. The zero-order valence-electron chi connectivity index (χ0n) is 10.1. The zero-order valence-corrected chi connectivity index (χ0v) is 10.9. The van der Waals surface area contributed by atoms with E-state index in [1.807, 2.05) is 0 Å². The summed E-state index contributed by atoms with van der Waals surface area (Å²) in [5.41, 5.74) is 6.24. The van der Waals surface area contributed by atoms with Crippen molar-refractivity contribution in [1.29, 1.82) is 0 Å². The first kappa shape index (κ1) is 14.1. The van der Waals surface area contributed by atoms with Gasteiger partial charge in [-0.1, -0.05) is 25.4 Å². The Morgan fingerprint density at radius 1 is 1.47 bits per heavy atom. The van der Waals surface area contributed by atoms with E-state index in [9.17, 15) is 4.39 Å². The van der Waals surface area contributed by atoms with Crippen LogP contribution in [0.2, 0.25) is 5.02 Å². The molecule has 0 fully saturated rings. The van der Waals surface area contributed by atoms with Crippen LogP contribution in [0, 0.1) is 11.7 Å². The molecule has 0 aliphatic rings. The molecular formula is C12H18ClFN2O. The highest BCUT2D eigenvalue weighted by Crippen LogP contribution is 2.28. The van der Waals surface area contributed by atoms with Gasteiger partial charge in [0.05, 0.1) is 23.0 Å². The molecule has 17 heavy (non-hydrogen) atoms. The summed E-state index contributed by atoms with van der Waals surface area (Å²) in [6.45, 7) is 5.83. The summed E-state index contributed by atoms with van der Waals surface area (Å²) >= 11 is 5.67. The second kappa shape index (κ2) is 6.67. The molecule has 0 atom stereocenters. The Labute approximate surface area is 106 Å². The molecule has 0 saturated heterocycles. The lowest BCUT2D eigenvalue weighted by atomic mass is 10.2. The highest BCUT2D eigenvalue weighted by atomic mass is 35.5. The van der Waals surface area contributed by atoms with Crippen molar-refractivity contribution >= 4 is 23.0 Å². The fourth-order valence-electron chi connectivity index (χ4n) is 1.31. The highest BCUT2D eigenvalue weighted by molar-refractivity contribution is 6.31. The average molecular weight is 261 g/mol. The van der Waals surface area contributed by atoms with Crippen LogP contribution in [0.4, 0.5) is 15.8 Å². The summed E-state index contributed by atoms with van der Waals surface area (Å²) in [6.07, 6.45) is 0. The van der Waals surface area contributed by atoms with Gasteiger partial charge in [0.15, 0.2) is 5.82 Å².